The van der Waals surface area contributed by atoms with Crippen LogP contribution in [-0.4, -0.2) is 58.2 Å². The molecule has 0 saturated heterocycles. The highest BCUT2D eigenvalue weighted by Gasteiger charge is 2.22. The molecule has 11 heteroatoms. The van der Waals surface area contributed by atoms with Crippen LogP contribution in [-0.2, 0) is 31.4 Å². The molecule has 0 saturated carbocycles. The minimum atomic E-state index is -3.74. The van der Waals surface area contributed by atoms with E-state index in [4.69, 9.17) is 0 Å². The van der Waals surface area contributed by atoms with Gasteiger partial charge in [-0.2, -0.15) is 4.31 Å². The van der Waals surface area contributed by atoms with Crippen LogP contribution in [0.4, 0.5) is 10.1 Å². The molecular formula is C19H24FN3O5S2. The van der Waals surface area contributed by atoms with E-state index in [1.807, 2.05) is 0 Å². The second kappa shape index (κ2) is 9.21. The minimum absolute atomic E-state index is 0.000295. The molecule has 164 valence electrons. The molecular weight excluding hydrogens is 433 g/mol. The molecule has 0 fully saturated rings. The van der Waals surface area contributed by atoms with Crippen molar-refractivity contribution >= 4 is 31.6 Å². The maximum Gasteiger partial charge on any atom is 0.242 e. The molecule has 0 radical (unpaired) electrons. The second-order valence-corrected chi connectivity index (χ2v) is 11.1. The zero-order valence-electron chi connectivity index (χ0n) is 17.1. The van der Waals surface area contributed by atoms with Gasteiger partial charge in [-0.15, -0.1) is 0 Å². The molecule has 2 aromatic carbocycles. The summed E-state index contributed by atoms with van der Waals surface area (Å²) in [6, 6.07) is 9.59. The summed E-state index contributed by atoms with van der Waals surface area (Å²) in [4.78, 5) is 12.5. The SMILES string of the molecule is Cc1ccc(S(=O)(=O)N(C)C)cc1NC(=O)CN(Cc1ccc(F)cc1)S(C)(=O)=O. The fourth-order valence-electron chi connectivity index (χ4n) is 2.54. The number of carbonyl (C=O) groups excluding carboxylic acids is 1. The maximum absolute atomic E-state index is 13.1. The average Bonchev–Trinajstić information content (AvgIpc) is 2.63. The first-order valence-electron chi connectivity index (χ1n) is 8.83. The molecule has 0 bridgehead atoms. The lowest BCUT2D eigenvalue weighted by atomic mass is 10.2. The van der Waals surface area contributed by atoms with Gasteiger partial charge in [0.05, 0.1) is 17.7 Å². The van der Waals surface area contributed by atoms with Crippen molar-refractivity contribution in [1.29, 1.82) is 0 Å². The highest BCUT2D eigenvalue weighted by Crippen LogP contribution is 2.22. The van der Waals surface area contributed by atoms with Crippen LogP contribution in [0.5, 0.6) is 0 Å². The van der Waals surface area contributed by atoms with Crippen molar-refractivity contribution < 1.29 is 26.0 Å². The van der Waals surface area contributed by atoms with E-state index in [1.165, 1.54) is 50.5 Å². The predicted octanol–water partition coefficient (Wildman–Crippen LogP) is 1.78. The highest BCUT2D eigenvalue weighted by molar-refractivity contribution is 7.89. The van der Waals surface area contributed by atoms with Crippen molar-refractivity contribution in [3.8, 4) is 0 Å². The lowest BCUT2D eigenvalue weighted by Gasteiger charge is -2.20. The number of amides is 1. The number of benzene rings is 2. The van der Waals surface area contributed by atoms with Gasteiger partial charge in [0.25, 0.3) is 0 Å². The molecule has 2 aromatic rings. The zero-order chi connectivity index (χ0) is 22.7. The molecule has 1 N–H and O–H groups in total. The molecule has 0 atom stereocenters. The van der Waals surface area contributed by atoms with E-state index in [0.29, 0.717) is 11.1 Å². The Morgan fingerprint density at radius 3 is 2.17 bits per heavy atom. The lowest BCUT2D eigenvalue weighted by Crippen LogP contribution is -2.37. The Morgan fingerprint density at radius 1 is 1.03 bits per heavy atom. The van der Waals surface area contributed by atoms with E-state index in [2.05, 4.69) is 5.32 Å². The third-order valence-electron chi connectivity index (χ3n) is 4.32. The number of carbonyl (C=O) groups is 1. The van der Waals surface area contributed by atoms with Gasteiger partial charge in [-0.05, 0) is 42.3 Å². The molecule has 0 aliphatic rings. The zero-order valence-corrected chi connectivity index (χ0v) is 18.7. The normalized spacial score (nSPS) is 12.4. The van der Waals surface area contributed by atoms with Crippen LogP contribution < -0.4 is 5.32 Å². The van der Waals surface area contributed by atoms with Crippen molar-refractivity contribution in [2.24, 2.45) is 0 Å². The number of aryl methyl sites for hydroxylation is 1. The van der Waals surface area contributed by atoms with Gasteiger partial charge in [-0.1, -0.05) is 18.2 Å². The molecule has 0 unspecified atom stereocenters. The molecule has 0 aromatic heterocycles. The van der Waals surface area contributed by atoms with E-state index < -0.39 is 38.3 Å². The van der Waals surface area contributed by atoms with Crippen molar-refractivity contribution in [1.82, 2.24) is 8.61 Å². The van der Waals surface area contributed by atoms with Crippen LogP contribution in [0.2, 0.25) is 0 Å². The van der Waals surface area contributed by atoms with Gasteiger partial charge < -0.3 is 5.32 Å². The molecule has 1 amide bonds. The van der Waals surface area contributed by atoms with E-state index in [-0.39, 0.29) is 17.1 Å². The lowest BCUT2D eigenvalue weighted by molar-refractivity contribution is -0.116. The van der Waals surface area contributed by atoms with Gasteiger partial charge in [0, 0.05) is 26.3 Å². The Bertz CT molecular complexity index is 1130. The van der Waals surface area contributed by atoms with Crippen molar-refractivity contribution in [2.45, 2.75) is 18.4 Å². The Hall–Kier alpha value is -2.34. The first-order valence-corrected chi connectivity index (χ1v) is 12.1. The number of anilines is 1. The summed E-state index contributed by atoms with van der Waals surface area (Å²) in [7, 11) is -4.64. The van der Waals surface area contributed by atoms with Gasteiger partial charge in [0.15, 0.2) is 0 Å². The largest absolute Gasteiger partial charge is 0.325 e. The second-order valence-electron chi connectivity index (χ2n) is 6.97. The monoisotopic (exact) mass is 457 g/mol. The van der Waals surface area contributed by atoms with Gasteiger partial charge >= 0.3 is 0 Å². The van der Waals surface area contributed by atoms with Crippen LogP contribution in [0.25, 0.3) is 0 Å². The summed E-state index contributed by atoms with van der Waals surface area (Å²) >= 11 is 0. The Morgan fingerprint density at radius 2 is 1.63 bits per heavy atom. The van der Waals surface area contributed by atoms with E-state index in [1.54, 1.807) is 13.0 Å². The van der Waals surface area contributed by atoms with Gasteiger partial charge in [-0.25, -0.2) is 25.5 Å². The van der Waals surface area contributed by atoms with Crippen molar-refractivity contribution in [3.63, 3.8) is 0 Å². The number of hydrogen-bond acceptors (Lipinski definition) is 5. The van der Waals surface area contributed by atoms with Gasteiger partial charge in [0.1, 0.15) is 5.82 Å². The number of halogens is 1. The topological polar surface area (TPSA) is 104 Å². The summed E-state index contributed by atoms with van der Waals surface area (Å²) in [6.45, 7) is 1.09. The third-order valence-corrected chi connectivity index (χ3v) is 7.33. The molecule has 0 spiro atoms. The molecule has 0 aliphatic heterocycles. The van der Waals surface area contributed by atoms with E-state index in [9.17, 15) is 26.0 Å². The first kappa shape index (κ1) is 23.9. The number of rotatable bonds is 8. The van der Waals surface area contributed by atoms with Crippen LogP contribution >= 0.6 is 0 Å². The molecule has 0 heterocycles. The van der Waals surface area contributed by atoms with Crippen molar-refractivity contribution in [2.75, 3.05) is 32.2 Å². The summed E-state index contributed by atoms with van der Waals surface area (Å²) in [6.07, 6.45) is 0.972. The van der Waals surface area contributed by atoms with E-state index in [0.717, 1.165) is 14.9 Å². The molecule has 2 rings (SSSR count). The van der Waals surface area contributed by atoms with Crippen LogP contribution in [0.1, 0.15) is 11.1 Å². The quantitative estimate of drug-likeness (QED) is 0.651. The van der Waals surface area contributed by atoms with Crippen LogP contribution in [0.3, 0.4) is 0 Å². The molecule has 30 heavy (non-hydrogen) atoms. The minimum Gasteiger partial charge on any atom is -0.325 e. The summed E-state index contributed by atoms with van der Waals surface area (Å²) in [5, 5.41) is 2.57. The molecule has 8 nitrogen and oxygen atoms in total. The Kier molecular flexibility index (Phi) is 7.35. The standard InChI is InChI=1S/C19H24FN3O5S2/c1-14-5-10-17(30(27,28)22(2)3)11-18(14)21-19(24)13-23(29(4,25)26)12-15-6-8-16(20)9-7-15/h5-11H,12-13H2,1-4H3,(H,21,24). The fraction of sp³-hybridized carbons (Fsp3) is 0.316. The van der Waals surface area contributed by atoms with Gasteiger partial charge in [0.2, 0.25) is 26.0 Å². The maximum atomic E-state index is 13.1. The summed E-state index contributed by atoms with van der Waals surface area (Å²) < 4.78 is 63.9. The number of hydrogen-bond donors (Lipinski definition) is 1. The number of nitrogens with one attached hydrogen (secondary N) is 1. The third kappa shape index (κ3) is 6.08. The summed E-state index contributed by atoms with van der Waals surface area (Å²) in [5.74, 6) is -1.09. The Labute approximate surface area is 176 Å². The predicted molar refractivity (Wildman–Crippen MR) is 112 cm³/mol. The average molecular weight is 458 g/mol. The number of nitrogens with zero attached hydrogens (tertiary/aromatic N) is 2. The Balaban J connectivity index is 2.22. The first-order chi connectivity index (χ1) is 13.8. The van der Waals surface area contributed by atoms with Gasteiger partial charge in [-0.3, -0.25) is 4.79 Å². The number of sulfonamides is 2. The van der Waals surface area contributed by atoms with E-state index >= 15 is 0 Å². The van der Waals surface area contributed by atoms with Crippen molar-refractivity contribution in [3.05, 3.63) is 59.4 Å². The highest BCUT2D eigenvalue weighted by atomic mass is 32.2. The smallest absolute Gasteiger partial charge is 0.242 e. The molecule has 0 aliphatic carbocycles. The summed E-state index contributed by atoms with van der Waals surface area (Å²) in [5.41, 5.74) is 1.40. The van der Waals surface area contributed by atoms with Crippen LogP contribution in [0.15, 0.2) is 47.4 Å². The fourth-order valence-corrected chi connectivity index (χ4v) is 4.20. The van der Waals surface area contributed by atoms with Crippen LogP contribution in [0, 0.1) is 12.7 Å².